The van der Waals surface area contributed by atoms with Gasteiger partial charge in [-0.15, -0.1) is 11.3 Å². The first-order valence-electron chi connectivity index (χ1n) is 7.38. The number of esters is 1. The SMILES string of the molecule is CCOC(=O)Cc1csc(-c2ccc3ccc(OC)cc3c2)n1. The molecule has 0 fully saturated rings. The first kappa shape index (κ1) is 15.5. The summed E-state index contributed by atoms with van der Waals surface area (Å²) in [6, 6.07) is 12.2. The van der Waals surface area contributed by atoms with E-state index in [0.29, 0.717) is 6.61 Å². The van der Waals surface area contributed by atoms with E-state index in [2.05, 4.69) is 17.1 Å². The van der Waals surface area contributed by atoms with Gasteiger partial charge in [0.2, 0.25) is 0 Å². The van der Waals surface area contributed by atoms with Crippen LogP contribution >= 0.6 is 11.3 Å². The zero-order valence-corrected chi connectivity index (χ0v) is 13.9. The fourth-order valence-electron chi connectivity index (χ4n) is 2.37. The zero-order chi connectivity index (χ0) is 16.2. The molecule has 0 bridgehead atoms. The van der Waals surface area contributed by atoms with Crippen molar-refractivity contribution >= 4 is 28.1 Å². The molecule has 3 aromatic rings. The number of methoxy groups -OCH3 is 1. The van der Waals surface area contributed by atoms with Gasteiger partial charge in [-0.3, -0.25) is 4.79 Å². The molecule has 0 aliphatic carbocycles. The lowest BCUT2D eigenvalue weighted by Gasteiger charge is -2.04. The van der Waals surface area contributed by atoms with Gasteiger partial charge in [-0.25, -0.2) is 4.98 Å². The number of benzene rings is 2. The predicted octanol–water partition coefficient (Wildman–Crippen LogP) is 4.08. The summed E-state index contributed by atoms with van der Waals surface area (Å²) in [6.45, 7) is 2.19. The van der Waals surface area contributed by atoms with Crippen molar-refractivity contribution in [3.05, 3.63) is 47.5 Å². The highest BCUT2D eigenvalue weighted by atomic mass is 32.1. The first-order chi connectivity index (χ1) is 11.2. The predicted molar refractivity (Wildman–Crippen MR) is 91.9 cm³/mol. The molecule has 2 aromatic carbocycles. The topological polar surface area (TPSA) is 48.4 Å². The summed E-state index contributed by atoms with van der Waals surface area (Å²) in [4.78, 5) is 16.1. The van der Waals surface area contributed by atoms with E-state index in [0.717, 1.165) is 32.8 Å². The number of carbonyl (C=O) groups is 1. The summed E-state index contributed by atoms with van der Waals surface area (Å²) in [7, 11) is 1.66. The average molecular weight is 327 g/mol. The number of hydrogen-bond acceptors (Lipinski definition) is 5. The van der Waals surface area contributed by atoms with E-state index in [9.17, 15) is 4.79 Å². The third kappa shape index (κ3) is 3.51. The van der Waals surface area contributed by atoms with Crippen LogP contribution in [0, 0.1) is 0 Å². The maximum atomic E-state index is 11.5. The summed E-state index contributed by atoms with van der Waals surface area (Å²) < 4.78 is 10.2. The van der Waals surface area contributed by atoms with Crippen LogP contribution in [0.25, 0.3) is 21.3 Å². The molecule has 0 N–H and O–H groups in total. The van der Waals surface area contributed by atoms with Gasteiger partial charge in [-0.1, -0.05) is 18.2 Å². The van der Waals surface area contributed by atoms with Gasteiger partial charge in [-0.2, -0.15) is 0 Å². The van der Waals surface area contributed by atoms with Crippen LogP contribution in [0.5, 0.6) is 5.75 Å². The van der Waals surface area contributed by atoms with E-state index < -0.39 is 0 Å². The van der Waals surface area contributed by atoms with Gasteiger partial charge >= 0.3 is 5.97 Å². The Kier molecular flexibility index (Phi) is 4.57. The van der Waals surface area contributed by atoms with Crippen LogP contribution < -0.4 is 4.74 Å². The van der Waals surface area contributed by atoms with Crippen LogP contribution in [0.15, 0.2) is 41.8 Å². The molecule has 0 atom stereocenters. The lowest BCUT2D eigenvalue weighted by Crippen LogP contribution is -2.07. The number of fused-ring (bicyclic) bond motifs is 1. The Balaban J connectivity index is 1.88. The molecule has 0 aliphatic heterocycles. The highest BCUT2D eigenvalue weighted by Crippen LogP contribution is 2.29. The molecule has 118 valence electrons. The Hall–Kier alpha value is -2.40. The molecule has 3 rings (SSSR count). The maximum absolute atomic E-state index is 11.5. The molecule has 23 heavy (non-hydrogen) atoms. The second-order valence-corrected chi connectivity index (χ2v) is 5.91. The maximum Gasteiger partial charge on any atom is 0.311 e. The third-order valence-electron chi connectivity index (χ3n) is 3.48. The summed E-state index contributed by atoms with van der Waals surface area (Å²) in [5.41, 5.74) is 1.78. The Morgan fingerprint density at radius 2 is 2.00 bits per heavy atom. The van der Waals surface area contributed by atoms with Crippen molar-refractivity contribution in [3.63, 3.8) is 0 Å². The van der Waals surface area contributed by atoms with Crippen molar-refractivity contribution in [2.24, 2.45) is 0 Å². The van der Waals surface area contributed by atoms with Crippen LogP contribution in [-0.4, -0.2) is 24.7 Å². The van der Waals surface area contributed by atoms with Crippen LogP contribution in [0.3, 0.4) is 0 Å². The fraction of sp³-hybridized carbons (Fsp3) is 0.222. The average Bonchev–Trinajstić information content (AvgIpc) is 3.02. The minimum atomic E-state index is -0.243. The van der Waals surface area contributed by atoms with Crippen LogP contribution in [-0.2, 0) is 16.0 Å². The molecule has 1 aromatic heterocycles. The van der Waals surface area contributed by atoms with E-state index >= 15 is 0 Å². The van der Waals surface area contributed by atoms with E-state index in [1.807, 2.05) is 29.6 Å². The standard InChI is InChI=1S/C18H17NO3S/c1-3-22-17(20)10-15-11-23-18(19-15)13-5-4-12-6-7-16(21-2)9-14(12)8-13/h4-9,11H,3,10H2,1-2H3. The molecule has 0 unspecified atom stereocenters. The lowest BCUT2D eigenvalue weighted by atomic mass is 10.1. The number of carbonyl (C=O) groups excluding carboxylic acids is 1. The minimum Gasteiger partial charge on any atom is -0.497 e. The Morgan fingerprint density at radius 3 is 2.78 bits per heavy atom. The quantitative estimate of drug-likeness (QED) is 0.663. The van der Waals surface area contributed by atoms with Gasteiger partial charge in [0.05, 0.1) is 25.8 Å². The molecule has 0 saturated carbocycles. The molecule has 0 radical (unpaired) electrons. The fourth-order valence-corrected chi connectivity index (χ4v) is 3.18. The molecule has 4 nitrogen and oxygen atoms in total. The number of hydrogen-bond donors (Lipinski definition) is 0. The Morgan fingerprint density at radius 1 is 1.17 bits per heavy atom. The van der Waals surface area contributed by atoms with Crippen molar-refractivity contribution < 1.29 is 14.3 Å². The highest BCUT2D eigenvalue weighted by Gasteiger charge is 2.10. The van der Waals surface area contributed by atoms with E-state index in [4.69, 9.17) is 9.47 Å². The van der Waals surface area contributed by atoms with Gasteiger partial charge in [0.15, 0.2) is 0 Å². The van der Waals surface area contributed by atoms with Gasteiger partial charge in [0.25, 0.3) is 0 Å². The Bertz CT molecular complexity index is 841. The third-order valence-corrected chi connectivity index (χ3v) is 4.42. The molecule has 5 heteroatoms. The summed E-state index contributed by atoms with van der Waals surface area (Å²) in [5, 5.41) is 5.05. The minimum absolute atomic E-state index is 0.214. The van der Waals surface area contributed by atoms with Crippen molar-refractivity contribution in [2.45, 2.75) is 13.3 Å². The summed E-state index contributed by atoms with van der Waals surface area (Å²) in [5.74, 6) is 0.587. The van der Waals surface area contributed by atoms with Gasteiger partial charge < -0.3 is 9.47 Å². The molecule has 0 spiro atoms. The smallest absolute Gasteiger partial charge is 0.311 e. The van der Waals surface area contributed by atoms with E-state index in [1.165, 1.54) is 11.3 Å². The van der Waals surface area contributed by atoms with Crippen LogP contribution in [0.1, 0.15) is 12.6 Å². The van der Waals surface area contributed by atoms with Gasteiger partial charge in [-0.05, 0) is 35.9 Å². The largest absolute Gasteiger partial charge is 0.497 e. The number of ether oxygens (including phenoxy) is 2. The second kappa shape index (κ2) is 6.79. The monoisotopic (exact) mass is 327 g/mol. The molecule has 0 aliphatic rings. The van der Waals surface area contributed by atoms with E-state index in [-0.39, 0.29) is 12.4 Å². The zero-order valence-electron chi connectivity index (χ0n) is 13.0. The number of thiazole rings is 1. The lowest BCUT2D eigenvalue weighted by molar-refractivity contribution is -0.142. The number of rotatable bonds is 5. The van der Waals surface area contributed by atoms with Crippen molar-refractivity contribution in [3.8, 4) is 16.3 Å². The molecule has 1 heterocycles. The molecule has 0 amide bonds. The molecular weight excluding hydrogens is 310 g/mol. The van der Waals surface area contributed by atoms with Crippen molar-refractivity contribution in [2.75, 3.05) is 13.7 Å². The van der Waals surface area contributed by atoms with Crippen molar-refractivity contribution in [1.82, 2.24) is 4.98 Å². The first-order valence-corrected chi connectivity index (χ1v) is 8.25. The normalized spacial score (nSPS) is 10.7. The number of nitrogens with zero attached hydrogens (tertiary/aromatic N) is 1. The van der Waals surface area contributed by atoms with Crippen LogP contribution in [0.2, 0.25) is 0 Å². The Labute approximate surface area is 138 Å². The van der Waals surface area contributed by atoms with Gasteiger partial charge in [0.1, 0.15) is 10.8 Å². The molecule has 0 saturated heterocycles. The molecular formula is C18H17NO3S. The highest BCUT2D eigenvalue weighted by molar-refractivity contribution is 7.13. The summed E-state index contributed by atoms with van der Waals surface area (Å²) >= 11 is 1.53. The number of aromatic nitrogens is 1. The van der Waals surface area contributed by atoms with E-state index in [1.54, 1.807) is 14.0 Å². The van der Waals surface area contributed by atoms with Gasteiger partial charge in [0, 0.05) is 10.9 Å². The summed E-state index contributed by atoms with van der Waals surface area (Å²) in [6.07, 6.45) is 0.214. The van der Waals surface area contributed by atoms with Crippen LogP contribution in [0.4, 0.5) is 0 Å². The second-order valence-electron chi connectivity index (χ2n) is 5.05. The van der Waals surface area contributed by atoms with Crippen molar-refractivity contribution in [1.29, 1.82) is 0 Å².